The molecule has 1 fully saturated rings. The van der Waals surface area contributed by atoms with Crippen LogP contribution in [0.1, 0.15) is 28.5 Å². The number of aromatic nitrogens is 2. The molecule has 0 aliphatic carbocycles. The number of hydrogen-bond donors (Lipinski definition) is 0. The first kappa shape index (κ1) is 21.1. The molecular formula is C25H31N5O. The van der Waals surface area contributed by atoms with Crippen molar-refractivity contribution in [1.29, 1.82) is 0 Å². The number of amides is 1. The van der Waals surface area contributed by atoms with Crippen LogP contribution < -0.4 is 9.80 Å². The van der Waals surface area contributed by atoms with Gasteiger partial charge in [-0.05, 0) is 54.9 Å². The Hall–Kier alpha value is -3.12. The number of benzene rings is 1. The van der Waals surface area contributed by atoms with Gasteiger partial charge in [0.05, 0.1) is 6.54 Å². The summed E-state index contributed by atoms with van der Waals surface area (Å²) in [4.78, 5) is 24.6. The Labute approximate surface area is 184 Å². The Morgan fingerprint density at radius 1 is 0.968 bits per heavy atom. The molecule has 3 heterocycles. The van der Waals surface area contributed by atoms with Crippen molar-refractivity contribution < 1.29 is 4.79 Å². The number of piperazine rings is 1. The predicted octanol–water partition coefficient (Wildman–Crippen LogP) is 3.58. The molecule has 1 amide bonds. The summed E-state index contributed by atoms with van der Waals surface area (Å²) in [5, 5.41) is 0. The Bertz CT molecular complexity index is 1000. The highest BCUT2D eigenvalue weighted by atomic mass is 16.2. The molecule has 2 aromatic heterocycles. The maximum absolute atomic E-state index is 13.4. The van der Waals surface area contributed by atoms with E-state index < -0.39 is 0 Å². The van der Waals surface area contributed by atoms with Crippen LogP contribution in [0.15, 0.2) is 60.9 Å². The molecule has 0 saturated carbocycles. The van der Waals surface area contributed by atoms with Gasteiger partial charge in [0.2, 0.25) is 0 Å². The number of likely N-dealkylation sites (N-methyl/N-ethyl adjacent to an activating group) is 1. The number of hydrogen-bond acceptors (Lipinski definition) is 4. The summed E-state index contributed by atoms with van der Waals surface area (Å²) >= 11 is 0. The zero-order valence-electron chi connectivity index (χ0n) is 18.7. The highest BCUT2D eigenvalue weighted by Crippen LogP contribution is 2.22. The summed E-state index contributed by atoms with van der Waals surface area (Å²) in [7, 11) is 4.05. The van der Waals surface area contributed by atoms with Gasteiger partial charge in [0, 0.05) is 51.3 Å². The van der Waals surface area contributed by atoms with Crippen LogP contribution >= 0.6 is 0 Å². The standard InChI is InChI=1S/C25H31N5O/c1-4-20-7-10-22(11-8-20)30(25(31)23-6-5-13-28(23)3)19-21-9-12-24(26-18-21)29-16-14-27(2)15-17-29/h5-13,18H,4,14-17,19H2,1-3H3. The van der Waals surface area contributed by atoms with Crippen molar-refractivity contribution in [3.8, 4) is 0 Å². The number of carbonyl (C=O) groups is 1. The molecule has 31 heavy (non-hydrogen) atoms. The van der Waals surface area contributed by atoms with Gasteiger partial charge in [-0.15, -0.1) is 0 Å². The van der Waals surface area contributed by atoms with E-state index in [9.17, 15) is 4.79 Å². The van der Waals surface area contributed by atoms with E-state index in [1.165, 1.54) is 5.56 Å². The number of pyridine rings is 1. The van der Waals surface area contributed by atoms with Crippen LogP contribution in [0.2, 0.25) is 0 Å². The van der Waals surface area contributed by atoms with Crippen molar-refractivity contribution in [2.45, 2.75) is 19.9 Å². The number of nitrogens with zero attached hydrogens (tertiary/aromatic N) is 5. The number of aryl methyl sites for hydroxylation is 2. The van der Waals surface area contributed by atoms with Crippen LogP contribution in [-0.4, -0.2) is 53.6 Å². The Morgan fingerprint density at radius 3 is 2.26 bits per heavy atom. The van der Waals surface area contributed by atoms with E-state index in [1.807, 2.05) is 53.2 Å². The van der Waals surface area contributed by atoms with E-state index in [0.29, 0.717) is 12.2 Å². The molecule has 1 aliphatic rings. The SMILES string of the molecule is CCc1ccc(N(Cc2ccc(N3CCN(C)CC3)nc2)C(=O)c2cccn2C)cc1. The summed E-state index contributed by atoms with van der Waals surface area (Å²) in [6.07, 6.45) is 4.78. The lowest BCUT2D eigenvalue weighted by atomic mass is 10.1. The smallest absolute Gasteiger partial charge is 0.275 e. The summed E-state index contributed by atoms with van der Waals surface area (Å²) in [5.74, 6) is 0.990. The fraction of sp³-hybridized carbons (Fsp3) is 0.360. The Morgan fingerprint density at radius 2 is 1.68 bits per heavy atom. The second-order valence-corrected chi connectivity index (χ2v) is 8.23. The first-order valence-electron chi connectivity index (χ1n) is 11.0. The molecule has 0 spiro atoms. The van der Waals surface area contributed by atoms with Crippen molar-refractivity contribution in [1.82, 2.24) is 14.5 Å². The molecule has 0 bridgehead atoms. The van der Waals surface area contributed by atoms with Crippen molar-refractivity contribution in [2.75, 3.05) is 43.0 Å². The number of anilines is 2. The second kappa shape index (κ2) is 9.35. The first-order chi connectivity index (χ1) is 15.0. The molecule has 1 aromatic carbocycles. The normalized spacial score (nSPS) is 14.6. The zero-order chi connectivity index (χ0) is 21.8. The molecule has 4 rings (SSSR count). The lowest BCUT2D eigenvalue weighted by Crippen LogP contribution is -2.44. The molecule has 6 nitrogen and oxygen atoms in total. The van der Waals surface area contributed by atoms with E-state index in [4.69, 9.17) is 4.98 Å². The zero-order valence-corrected chi connectivity index (χ0v) is 18.7. The third-order valence-corrected chi connectivity index (χ3v) is 6.04. The van der Waals surface area contributed by atoms with Gasteiger partial charge in [-0.3, -0.25) is 4.79 Å². The third kappa shape index (κ3) is 4.80. The van der Waals surface area contributed by atoms with E-state index in [1.54, 1.807) is 0 Å². The van der Waals surface area contributed by atoms with Gasteiger partial charge >= 0.3 is 0 Å². The molecule has 0 atom stereocenters. The van der Waals surface area contributed by atoms with Gasteiger partial charge in [0.1, 0.15) is 11.5 Å². The quantitative estimate of drug-likeness (QED) is 0.615. The van der Waals surface area contributed by atoms with Crippen molar-refractivity contribution in [2.24, 2.45) is 7.05 Å². The summed E-state index contributed by atoms with van der Waals surface area (Å²) in [5.41, 5.74) is 3.83. The fourth-order valence-corrected chi connectivity index (χ4v) is 3.93. The highest BCUT2D eigenvalue weighted by Gasteiger charge is 2.21. The average molecular weight is 418 g/mol. The van der Waals surface area contributed by atoms with Gasteiger partial charge in [-0.1, -0.05) is 25.1 Å². The highest BCUT2D eigenvalue weighted by molar-refractivity contribution is 6.05. The minimum absolute atomic E-state index is 0.0140. The topological polar surface area (TPSA) is 44.6 Å². The average Bonchev–Trinajstić information content (AvgIpc) is 3.24. The fourth-order valence-electron chi connectivity index (χ4n) is 3.93. The molecule has 0 radical (unpaired) electrons. The molecule has 1 saturated heterocycles. The second-order valence-electron chi connectivity index (χ2n) is 8.23. The largest absolute Gasteiger partial charge is 0.354 e. The van der Waals surface area contributed by atoms with Gasteiger partial charge < -0.3 is 19.3 Å². The maximum Gasteiger partial charge on any atom is 0.275 e. The van der Waals surface area contributed by atoms with Crippen molar-refractivity contribution >= 4 is 17.4 Å². The number of carbonyl (C=O) groups excluding carboxylic acids is 1. The van der Waals surface area contributed by atoms with Crippen LogP contribution in [0.25, 0.3) is 0 Å². The van der Waals surface area contributed by atoms with Gasteiger partial charge in [0.15, 0.2) is 0 Å². The molecule has 0 unspecified atom stereocenters. The first-order valence-corrected chi connectivity index (χ1v) is 11.0. The van der Waals surface area contributed by atoms with Crippen LogP contribution in [0.3, 0.4) is 0 Å². The summed E-state index contributed by atoms with van der Waals surface area (Å²) < 4.78 is 1.87. The lowest BCUT2D eigenvalue weighted by molar-refractivity contribution is 0.0977. The summed E-state index contributed by atoms with van der Waals surface area (Å²) in [6, 6.07) is 16.2. The Balaban J connectivity index is 1.56. The van der Waals surface area contributed by atoms with Crippen LogP contribution in [-0.2, 0) is 20.0 Å². The van der Waals surface area contributed by atoms with Crippen LogP contribution in [0.4, 0.5) is 11.5 Å². The molecule has 0 N–H and O–H groups in total. The van der Waals surface area contributed by atoms with Crippen LogP contribution in [0, 0.1) is 0 Å². The van der Waals surface area contributed by atoms with Crippen molar-refractivity contribution in [3.63, 3.8) is 0 Å². The molecular weight excluding hydrogens is 386 g/mol. The van der Waals surface area contributed by atoms with E-state index in [2.05, 4.69) is 48.0 Å². The van der Waals surface area contributed by atoms with E-state index in [0.717, 1.165) is 49.7 Å². The van der Waals surface area contributed by atoms with Crippen LogP contribution in [0.5, 0.6) is 0 Å². The number of rotatable bonds is 6. The van der Waals surface area contributed by atoms with Gasteiger partial charge in [-0.25, -0.2) is 4.98 Å². The summed E-state index contributed by atoms with van der Waals surface area (Å²) in [6.45, 7) is 6.70. The molecule has 6 heteroatoms. The predicted molar refractivity (Wildman–Crippen MR) is 126 cm³/mol. The third-order valence-electron chi connectivity index (χ3n) is 6.04. The molecule has 1 aliphatic heterocycles. The van der Waals surface area contributed by atoms with Gasteiger partial charge in [-0.2, -0.15) is 0 Å². The minimum Gasteiger partial charge on any atom is -0.354 e. The monoisotopic (exact) mass is 417 g/mol. The Kier molecular flexibility index (Phi) is 6.37. The van der Waals surface area contributed by atoms with E-state index >= 15 is 0 Å². The van der Waals surface area contributed by atoms with E-state index in [-0.39, 0.29) is 5.91 Å². The lowest BCUT2D eigenvalue weighted by Gasteiger charge is -2.33. The van der Waals surface area contributed by atoms with Gasteiger partial charge in [0.25, 0.3) is 5.91 Å². The maximum atomic E-state index is 13.4. The van der Waals surface area contributed by atoms with Crippen molar-refractivity contribution in [3.05, 3.63) is 77.7 Å². The molecule has 3 aromatic rings. The molecule has 162 valence electrons. The minimum atomic E-state index is -0.0140.